The molecule has 0 aromatic heterocycles. The predicted molar refractivity (Wildman–Crippen MR) is 151 cm³/mol. The summed E-state index contributed by atoms with van der Waals surface area (Å²) >= 11 is 0. The number of hydrogen-bond donors (Lipinski definition) is 1. The number of hydrogen-bond acceptors (Lipinski definition) is 1. The summed E-state index contributed by atoms with van der Waals surface area (Å²) in [6, 6.07) is 0. The maximum absolute atomic E-state index is 8.75. The fourth-order valence-electron chi connectivity index (χ4n) is 3.60. The molecule has 0 radical (unpaired) electrons. The molecule has 0 atom stereocenters. The third-order valence-corrected chi connectivity index (χ3v) is 5.63. The van der Waals surface area contributed by atoms with E-state index in [1.807, 2.05) is 0 Å². The van der Waals surface area contributed by atoms with Crippen molar-refractivity contribution in [1.82, 2.24) is 0 Å². The Labute approximate surface area is 207 Å². The van der Waals surface area contributed by atoms with E-state index < -0.39 is 0 Å². The average Bonchev–Trinajstić information content (AvgIpc) is 2.83. The molecule has 0 amide bonds. The second-order valence-corrected chi connectivity index (χ2v) is 8.82. The highest BCUT2D eigenvalue weighted by Gasteiger charge is 1.93. The van der Waals surface area contributed by atoms with E-state index in [9.17, 15) is 0 Å². The molecule has 0 saturated heterocycles. The van der Waals surface area contributed by atoms with E-state index in [4.69, 9.17) is 5.11 Å². The van der Waals surface area contributed by atoms with Gasteiger partial charge < -0.3 is 5.11 Å². The molecule has 0 aliphatic carbocycles. The Morgan fingerprint density at radius 3 is 1.03 bits per heavy atom. The van der Waals surface area contributed by atoms with Crippen molar-refractivity contribution in [2.24, 2.45) is 0 Å². The second kappa shape index (κ2) is 30.4. The van der Waals surface area contributed by atoms with Crippen LogP contribution < -0.4 is 0 Å². The molecule has 1 heteroatoms. The topological polar surface area (TPSA) is 20.2 Å². The summed E-state index contributed by atoms with van der Waals surface area (Å²) in [5.74, 6) is 0. The van der Waals surface area contributed by atoms with Gasteiger partial charge in [0, 0.05) is 6.61 Å². The highest BCUT2D eigenvalue weighted by atomic mass is 16.2. The molecule has 1 nitrogen and oxygen atoms in total. The summed E-state index contributed by atoms with van der Waals surface area (Å²) in [5, 5.41) is 8.75. The van der Waals surface area contributed by atoms with E-state index >= 15 is 0 Å². The van der Waals surface area contributed by atoms with Gasteiger partial charge in [0.25, 0.3) is 0 Å². The monoisotopic (exact) mass is 454 g/mol. The summed E-state index contributed by atoms with van der Waals surface area (Å²) in [5.41, 5.74) is 0. The SMILES string of the molecule is CC/C=C/C/C=C/C/C=C/C/C=C/C/C=C/C/C=C/CCCCCCCCCCCCCO. The van der Waals surface area contributed by atoms with E-state index in [0.29, 0.717) is 6.61 Å². The standard InChI is InChI=1S/C32H54O/c1-2-3-4-5-6-7-8-9-10-11-12-13-14-15-16-17-18-19-20-21-22-23-24-25-26-27-28-29-30-31-32-33/h3-4,6-7,9-10,12-13,15-16,18-19,33H,2,5,8,11,14,17,20-32H2,1H3/b4-3+,7-6+,10-9+,13-12+,16-15+,19-18+. The Morgan fingerprint density at radius 1 is 0.364 bits per heavy atom. The Bertz CT molecular complexity index is 533. The summed E-state index contributed by atoms with van der Waals surface area (Å²) in [4.78, 5) is 0. The van der Waals surface area contributed by atoms with Gasteiger partial charge in [-0.2, -0.15) is 0 Å². The highest BCUT2D eigenvalue weighted by molar-refractivity contribution is 5.01. The van der Waals surface area contributed by atoms with E-state index in [1.165, 1.54) is 70.6 Å². The molecular weight excluding hydrogens is 400 g/mol. The van der Waals surface area contributed by atoms with E-state index in [2.05, 4.69) is 79.8 Å². The van der Waals surface area contributed by atoms with Crippen molar-refractivity contribution in [1.29, 1.82) is 0 Å². The smallest absolute Gasteiger partial charge is 0.0431 e. The van der Waals surface area contributed by atoms with Crippen LogP contribution in [0.3, 0.4) is 0 Å². The molecule has 0 unspecified atom stereocenters. The molecule has 1 N–H and O–H groups in total. The summed E-state index contributed by atoms with van der Waals surface area (Å²) in [7, 11) is 0. The number of aliphatic hydroxyl groups excluding tert-OH is 1. The molecule has 0 rings (SSSR count). The highest BCUT2D eigenvalue weighted by Crippen LogP contribution is 2.12. The lowest BCUT2D eigenvalue weighted by molar-refractivity contribution is 0.282. The van der Waals surface area contributed by atoms with Crippen LogP contribution in [0.15, 0.2) is 72.9 Å². The van der Waals surface area contributed by atoms with Crippen LogP contribution in [-0.4, -0.2) is 11.7 Å². The van der Waals surface area contributed by atoms with Crippen LogP contribution in [0.5, 0.6) is 0 Å². The lowest BCUT2D eigenvalue weighted by atomic mass is 10.1. The fourth-order valence-corrected chi connectivity index (χ4v) is 3.60. The van der Waals surface area contributed by atoms with Crippen LogP contribution in [-0.2, 0) is 0 Å². The normalized spacial score (nSPS) is 12.9. The molecule has 0 saturated carbocycles. The number of unbranched alkanes of at least 4 members (excludes halogenated alkanes) is 11. The molecule has 0 aliphatic rings. The van der Waals surface area contributed by atoms with Crippen LogP contribution in [0, 0.1) is 0 Å². The van der Waals surface area contributed by atoms with Gasteiger partial charge in [-0.1, -0.05) is 138 Å². The second-order valence-electron chi connectivity index (χ2n) is 8.82. The van der Waals surface area contributed by atoms with Gasteiger partial charge in [-0.3, -0.25) is 0 Å². The zero-order valence-corrected chi connectivity index (χ0v) is 21.8. The third-order valence-electron chi connectivity index (χ3n) is 5.63. The summed E-state index contributed by atoms with van der Waals surface area (Å²) < 4.78 is 0. The maximum Gasteiger partial charge on any atom is 0.0431 e. The van der Waals surface area contributed by atoms with Gasteiger partial charge in [0.2, 0.25) is 0 Å². The van der Waals surface area contributed by atoms with Crippen molar-refractivity contribution in [3.05, 3.63) is 72.9 Å². The van der Waals surface area contributed by atoms with E-state index in [-0.39, 0.29) is 0 Å². The van der Waals surface area contributed by atoms with Crippen molar-refractivity contribution in [3.8, 4) is 0 Å². The number of allylic oxidation sites excluding steroid dienone is 12. The minimum absolute atomic E-state index is 0.360. The molecule has 33 heavy (non-hydrogen) atoms. The van der Waals surface area contributed by atoms with Gasteiger partial charge in [-0.15, -0.1) is 0 Å². The Balaban J connectivity index is 3.35. The van der Waals surface area contributed by atoms with Crippen LogP contribution >= 0.6 is 0 Å². The molecule has 0 aromatic rings. The number of aliphatic hydroxyl groups is 1. The molecular formula is C32H54O. The lowest BCUT2D eigenvalue weighted by Crippen LogP contribution is -1.84. The predicted octanol–water partition coefficient (Wildman–Crippen LogP) is 10.4. The molecule has 0 spiro atoms. The van der Waals surface area contributed by atoms with E-state index in [0.717, 1.165) is 44.9 Å². The van der Waals surface area contributed by atoms with Gasteiger partial charge >= 0.3 is 0 Å². The van der Waals surface area contributed by atoms with Crippen LogP contribution in [0.1, 0.15) is 122 Å². The van der Waals surface area contributed by atoms with E-state index in [1.54, 1.807) is 0 Å². The molecule has 0 fully saturated rings. The minimum atomic E-state index is 0.360. The Hall–Kier alpha value is -1.60. The fraction of sp³-hybridized carbons (Fsp3) is 0.625. The maximum atomic E-state index is 8.75. The van der Waals surface area contributed by atoms with Gasteiger partial charge in [0.1, 0.15) is 0 Å². The van der Waals surface area contributed by atoms with Crippen molar-refractivity contribution >= 4 is 0 Å². The first-order valence-corrected chi connectivity index (χ1v) is 13.9. The first kappa shape index (κ1) is 31.4. The average molecular weight is 455 g/mol. The Kier molecular flexibility index (Phi) is 28.9. The lowest BCUT2D eigenvalue weighted by Gasteiger charge is -2.02. The van der Waals surface area contributed by atoms with Crippen LogP contribution in [0.25, 0.3) is 0 Å². The largest absolute Gasteiger partial charge is 0.396 e. The Morgan fingerprint density at radius 2 is 0.667 bits per heavy atom. The summed E-state index contributed by atoms with van der Waals surface area (Å²) in [6.07, 6.45) is 49.2. The first-order valence-electron chi connectivity index (χ1n) is 13.9. The molecule has 0 bridgehead atoms. The van der Waals surface area contributed by atoms with Crippen LogP contribution in [0.2, 0.25) is 0 Å². The van der Waals surface area contributed by atoms with Crippen molar-refractivity contribution < 1.29 is 5.11 Å². The molecule has 188 valence electrons. The molecule has 0 aliphatic heterocycles. The number of rotatable bonds is 24. The van der Waals surface area contributed by atoms with Gasteiger partial charge in [-0.25, -0.2) is 0 Å². The summed E-state index contributed by atoms with van der Waals surface area (Å²) in [6.45, 7) is 2.53. The molecule has 0 heterocycles. The first-order chi connectivity index (χ1) is 16.4. The quantitative estimate of drug-likeness (QED) is 0.114. The third kappa shape index (κ3) is 30.4. The van der Waals surface area contributed by atoms with Gasteiger partial charge in [0.15, 0.2) is 0 Å². The van der Waals surface area contributed by atoms with Crippen molar-refractivity contribution in [2.45, 2.75) is 122 Å². The zero-order chi connectivity index (χ0) is 23.9. The van der Waals surface area contributed by atoms with Crippen molar-refractivity contribution in [2.75, 3.05) is 6.61 Å². The molecule has 0 aromatic carbocycles. The van der Waals surface area contributed by atoms with Crippen LogP contribution in [0.4, 0.5) is 0 Å². The van der Waals surface area contributed by atoms with Gasteiger partial charge in [0.05, 0.1) is 0 Å². The van der Waals surface area contributed by atoms with Crippen molar-refractivity contribution in [3.63, 3.8) is 0 Å². The minimum Gasteiger partial charge on any atom is -0.396 e. The zero-order valence-electron chi connectivity index (χ0n) is 21.8. The van der Waals surface area contributed by atoms with Gasteiger partial charge in [-0.05, 0) is 57.8 Å².